The molecule has 7 nitrogen and oxygen atoms in total. The molecule has 1 aliphatic heterocycles. The van der Waals surface area contributed by atoms with Gasteiger partial charge >= 0.3 is 0 Å². The minimum atomic E-state index is -1.07. The van der Waals surface area contributed by atoms with Crippen molar-refractivity contribution >= 4 is 23.3 Å². The number of ether oxygens (including phenoxy) is 1. The van der Waals surface area contributed by atoms with Crippen LogP contribution in [-0.2, 0) is 32.1 Å². The number of benzene rings is 3. The largest absolute Gasteiger partial charge is 0.372 e. The van der Waals surface area contributed by atoms with Crippen molar-refractivity contribution in [1.82, 2.24) is 5.32 Å². The van der Waals surface area contributed by atoms with Gasteiger partial charge in [0.25, 0.3) is 5.91 Å². The average molecular weight is 472 g/mol. The van der Waals surface area contributed by atoms with Gasteiger partial charge in [-0.1, -0.05) is 78.9 Å². The third-order valence-corrected chi connectivity index (χ3v) is 6.14. The van der Waals surface area contributed by atoms with Gasteiger partial charge in [-0.05, 0) is 23.3 Å². The molecule has 35 heavy (non-hydrogen) atoms. The molecule has 1 saturated heterocycles. The summed E-state index contributed by atoms with van der Waals surface area (Å²) in [4.78, 5) is 39.7. The molecule has 3 aromatic rings. The summed E-state index contributed by atoms with van der Waals surface area (Å²) < 4.78 is 6.14. The summed E-state index contributed by atoms with van der Waals surface area (Å²) in [5.74, 6) is -2.22. The number of nitrogens with two attached hydrogens (primary N) is 1. The maximum Gasteiger partial charge on any atom is 0.287 e. The molecular weight excluding hydrogens is 442 g/mol. The summed E-state index contributed by atoms with van der Waals surface area (Å²) in [6.07, 6.45) is 0.460. The molecule has 3 atom stereocenters. The zero-order chi connectivity index (χ0) is 24.6. The number of ketones is 1. The van der Waals surface area contributed by atoms with E-state index in [1.807, 2.05) is 95.9 Å². The van der Waals surface area contributed by atoms with Crippen LogP contribution in [0.2, 0.25) is 0 Å². The van der Waals surface area contributed by atoms with Crippen molar-refractivity contribution in [2.24, 2.45) is 5.73 Å². The van der Waals surface area contributed by atoms with E-state index in [2.05, 4.69) is 5.32 Å². The van der Waals surface area contributed by atoms with Gasteiger partial charge in [0.1, 0.15) is 12.1 Å². The molecule has 7 heteroatoms. The minimum Gasteiger partial charge on any atom is -0.372 e. The number of primary amides is 1. The lowest BCUT2D eigenvalue weighted by Crippen LogP contribution is -2.52. The zero-order valence-corrected chi connectivity index (χ0v) is 19.4. The molecule has 0 saturated carbocycles. The fraction of sp³-hybridized carbons (Fsp3) is 0.250. The van der Waals surface area contributed by atoms with Crippen molar-refractivity contribution < 1.29 is 19.1 Å². The molecule has 1 heterocycles. The van der Waals surface area contributed by atoms with E-state index >= 15 is 0 Å². The fourth-order valence-corrected chi connectivity index (χ4v) is 4.36. The Morgan fingerprint density at radius 1 is 0.886 bits per heavy atom. The quantitative estimate of drug-likeness (QED) is 0.443. The first kappa shape index (κ1) is 24.2. The Hall–Kier alpha value is -3.97. The number of carbonyl (C=O) groups is 3. The van der Waals surface area contributed by atoms with Crippen molar-refractivity contribution in [3.63, 3.8) is 0 Å². The van der Waals surface area contributed by atoms with E-state index in [9.17, 15) is 14.4 Å². The number of hydrogen-bond acceptors (Lipinski definition) is 5. The number of para-hydroxylation sites is 1. The molecular formula is C28H29N3O4. The normalized spacial score (nSPS) is 18.1. The van der Waals surface area contributed by atoms with E-state index in [1.165, 1.54) is 0 Å². The second-order valence-electron chi connectivity index (χ2n) is 8.64. The molecule has 2 amide bonds. The van der Waals surface area contributed by atoms with Crippen molar-refractivity contribution in [3.05, 3.63) is 102 Å². The standard InChI is InChI=1S/C28H29N3O4/c29-27(33)26(32)24(16-20-10-4-1-5-11-20)30-28(34)25-17-23(35-19-21-12-6-2-7-13-21)18-31(25)22-14-8-3-9-15-22/h1-15,23-25H,16-19H2,(H2,29,33)(H,30,34)/t23-,24+,25+/m1/s1. The molecule has 4 rings (SSSR count). The molecule has 0 bridgehead atoms. The van der Waals surface area contributed by atoms with Crippen molar-refractivity contribution in [1.29, 1.82) is 0 Å². The average Bonchev–Trinajstić information content (AvgIpc) is 3.33. The maximum atomic E-state index is 13.5. The van der Waals surface area contributed by atoms with E-state index in [-0.39, 0.29) is 18.4 Å². The van der Waals surface area contributed by atoms with Gasteiger partial charge in [0.05, 0.1) is 12.7 Å². The smallest absolute Gasteiger partial charge is 0.287 e. The van der Waals surface area contributed by atoms with Crippen LogP contribution in [0.5, 0.6) is 0 Å². The van der Waals surface area contributed by atoms with E-state index in [1.54, 1.807) is 0 Å². The second kappa shape index (κ2) is 11.4. The van der Waals surface area contributed by atoms with Crippen LogP contribution in [0.4, 0.5) is 5.69 Å². The summed E-state index contributed by atoms with van der Waals surface area (Å²) in [6, 6.07) is 27.1. The SMILES string of the molecule is NC(=O)C(=O)[C@H](Cc1ccccc1)NC(=O)[C@@H]1C[C@@H](OCc2ccccc2)CN1c1ccccc1. The van der Waals surface area contributed by atoms with Gasteiger partial charge in [0, 0.05) is 25.1 Å². The van der Waals surface area contributed by atoms with Gasteiger partial charge in [-0.25, -0.2) is 0 Å². The zero-order valence-electron chi connectivity index (χ0n) is 19.4. The number of nitrogens with zero attached hydrogens (tertiary/aromatic N) is 1. The maximum absolute atomic E-state index is 13.5. The highest BCUT2D eigenvalue weighted by Crippen LogP contribution is 2.28. The fourth-order valence-electron chi connectivity index (χ4n) is 4.36. The highest BCUT2D eigenvalue weighted by atomic mass is 16.5. The first-order valence-corrected chi connectivity index (χ1v) is 11.7. The summed E-state index contributed by atoms with van der Waals surface area (Å²) >= 11 is 0. The molecule has 0 radical (unpaired) electrons. The number of amides is 2. The minimum absolute atomic E-state index is 0.175. The summed E-state index contributed by atoms with van der Waals surface area (Å²) in [5, 5.41) is 2.80. The van der Waals surface area contributed by atoms with E-state index in [4.69, 9.17) is 10.5 Å². The van der Waals surface area contributed by atoms with Crippen LogP contribution >= 0.6 is 0 Å². The Morgan fingerprint density at radius 3 is 2.06 bits per heavy atom. The Morgan fingerprint density at radius 2 is 1.46 bits per heavy atom. The topological polar surface area (TPSA) is 102 Å². The van der Waals surface area contributed by atoms with Crippen LogP contribution < -0.4 is 16.0 Å². The Balaban J connectivity index is 1.50. The first-order chi connectivity index (χ1) is 17.0. The van der Waals surface area contributed by atoms with Crippen LogP contribution in [0.3, 0.4) is 0 Å². The summed E-state index contributed by atoms with van der Waals surface area (Å²) in [5.41, 5.74) is 8.05. The van der Waals surface area contributed by atoms with Gasteiger partial charge in [-0.2, -0.15) is 0 Å². The van der Waals surface area contributed by atoms with Crippen LogP contribution in [0, 0.1) is 0 Å². The number of rotatable bonds is 10. The monoisotopic (exact) mass is 471 g/mol. The third kappa shape index (κ3) is 6.33. The van der Waals surface area contributed by atoms with Crippen molar-refractivity contribution in [2.75, 3.05) is 11.4 Å². The Kier molecular flexibility index (Phi) is 7.90. The van der Waals surface area contributed by atoms with Crippen molar-refractivity contribution in [3.8, 4) is 0 Å². The van der Waals surface area contributed by atoms with E-state index in [0.29, 0.717) is 19.6 Å². The van der Waals surface area contributed by atoms with Crippen LogP contribution in [-0.4, -0.2) is 42.3 Å². The molecule has 1 aliphatic rings. The van der Waals surface area contributed by atoms with Crippen molar-refractivity contribution in [2.45, 2.75) is 37.6 Å². The van der Waals surface area contributed by atoms with E-state index < -0.39 is 23.8 Å². The lowest BCUT2D eigenvalue weighted by atomic mass is 10.0. The van der Waals surface area contributed by atoms with Gasteiger partial charge < -0.3 is 20.7 Å². The molecule has 180 valence electrons. The summed E-state index contributed by atoms with van der Waals surface area (Å²) in [6.45, 7) is 0.974. The van der Waals surface area contributed by atoms with E-state index in [0.717, 1.165) is 16.8 Å². The number of carbonyl (C=O) groups excluding carboxylic acids is 3. The first-order valence-electron chi connectivity index (χ1n) is 11.7. The number of nitrogens with one attached hydrogen (secondary N) is 1. The van der Waals surface area contributed by atoms with Gasteiger partial charge in [-0.15, -0.1) is 0 Å². The molecule has 3 aromatic carbocycles. The van der Waals surface area contributed by atoms with Gasteiger partial charge in [0.2, 0.25) is 11.7 Å². The highest BCUT2D eigenvalue weighted by Gasteiger charge is 2.39. The summed E-state index contributed by atoms with van der Waals surface area (Å²) in [7, 11) is 0. The molecule has 0 unspecified atom stereocenters. The number of Topliss-reactive ketones (excluding diaryl/α,β-unsaturated/α-hetero) is 1. The van der Waals surface area contributed by atoms with Crippen LogP contribution in [0.1, 0.15) is 17.5 Å². The number of anilines is 1. The van der Waals surface area contributed by atoms with Gasteiger partial charge in [0.15, 0.2) is 0 Å². The second-order valence-corrected chi connectivity index (χ2v) is 8.64. The van der Waals surface area contributed by atoms with Gasteiger partial charge in [-0.3, -0.25) is 14.4 Å². The predicted octanol–water partition coefficient (Wildman–Crippen LogP) is 2.63. The molecule has 3 N–H and O–H groups in total. The molecule has 0 spiro atoms. The Bertz CT molecular complexity index is 1140. The molecule has 1 fully saturated rings. The molecule has 0 aliphatic carbocycles. The number of hydrogen-bond donors (Lipinski definition) is 2. The third-order valence-electron chi connectivity index (χ3n) is 6.14. The van der Waals surface area contributed by atoms with Crippen LogP contribution in [0.15, 0.2) is 91.0 Å². The van der Waals surface area contributed by atoms with Crippen LogP contribution in [0.25, 0.3) is 0 Å². The lowest BCUT2D eigenvalue weighted by molar-refractivity contribution is -0.138. The highest BCUT2D eigenvalue weighted by molar-refractivity contribution is 6.38. The lowest BCUT2D eigenvalue weighted by Gasteiger charge is -2.27. The Labute approximate surface area is 204 Å². The predicted molar refractivity (Wildman–Crippen MR) is 133 cm³/mol. The molecule has 0 aromatic heterocycles.